The van der Waals surface area contributed by atoms with Crippen molar-refractivity contribution in [3.05, 3.63) is 35.4 Å². The third kappa shape index (κ3) is 3.44. The lowest BCUT2D eigenvalue weighted by molar-refractivity contribution is -0.124. The van der Waals surface area contributed by atoms with E-state index in [0.717, 1.165) is 31.6 Å². The van der Waals surface area contributed by atoms with Gasteiger partial charge in [-0.05, 0) is 43.2 Å². The van der Waals surface area contributed by atoms with Gasteiger partial charge in [-0.3, -0.25) is 4.79 Å². The van der Waals surface area contributed by atoms with E-state index in [0.29, 0.717) is 11.7 Å². The van der Waals surface area contributed by atoms with Crippen LogP contribution in [0.4, 0.5) is 0 Å². The van der Waals surface area contributed by atoms with Crippen LogP contribution in [0.2, 0.25) is 0 Å². The van der Waals surface area contributed by atoms with E-state index < -0.39 is 0 Å². The Balaban J connectivity index is 1.86. The largest absolute Gasteiger partial charge is 0.299 e. The van der Waals surface area contributed by atoms with Gasteiger partial charge in [0.25, 0.3) is 0 Å². The van der Waals surface area contributed by atoms with Crippen molar-refractivity contribution >= 4 is 5.78 Å². The van der Waals surface area contributed by atoms with Gasteiger partial charge in [-0.25, -0.2) is 0 Å². The van der Waals surface area contributed by atoms with Crippen LogP contribution in [0.5, 0.6) is 0 Å². The van der Waals surface area contributed by atoms with Gasteiger partial charge >= 0.3 is 0 Å². The first-order chi connectivity index (χ1) is 8.66. The third-order valence-electron chi connectivity index (χ3n) is 4.29. The fourth-order valence-corrected chi connectivity index (χ4v) is 3.08. The zero-order valence-corrected chi connectivity index (χ0v) is 11.6. The molecule has 0 bridgehead atoms. The number of Topliss-reactive ketones (excluding diaryl/α,β-unsaturated/α-hetero) is 1. The highest BCUT2D eigenvalue weighted by Gasteiger charge is 2.24. The molecule has 0 saturated heterocycles. The van der Waals surface area contributed by atoms with Crippen LogP contribution in [0.15, 0.2) is 24.3 Å². The molecule has 0 aromatic heterocycles. The first-order valence-corrected chi connectivity index (χ1v) is 7.24. The molecule has 1 saturated carbocycles. The summed E-state index contributed by atoms with van der Waals surface area (Å²) in [5.41, 5.74) is 2.64. The van der Waals surface area contributed by atoms with Crippen molar-refractivity contribution in [3.63, 3.8) is 0 Å². The van der Waals surface area contributed by atoms with Crippen molar-refractivity contribution in [2.24, 2.45) is 11.8 Å². The first kappa shape index (κ1) is 13.3. The number of hydrogen-bond donors (Lipinski definition) is 0. The maximum absolute atomic E-state index is 12.2. The van der Waals surface area contributed by atoms with Crippen LogP contribution in [0.3, 0.4) is 0 Å². The van der Waals surface area contributed by atoms with Gasteiger partial charge in [0, 0.05) is 12.3 Å². The molecule has 0 heterocycles. The average Bonchev–Trinajstić information content (AvgIpc) is 2.37. The van der Waals surface area contributed by atoms with E-state index in [4.69, 9.17) is 0 Å². The molecule has 1 aromatic carbocycles. The van der Waals surface area contributed by atoms with Gasteiger partial charge in [-0.15, -0.1) is 0 Å². The molecule has 1 heteroatoms. The quantitative estimate of drug-likeness (QED) is 0.770. The average molecular weight is 244 g/mol. The molecular weight excluding hydrogens is 220 g/mol. The van der Waals surface area contributed by atoms with Crippen molar-refractivity contribution in [2.45, 2.75) is 52.4 Å². The fourth-order valence-electron chi connectivity index (χ4n) is 3.08. The van der Waals surface area contributed by atoms with E-state index in [2.05, 4.69) is 38.1 Å². The standard InChI is InChI=1S/C17H24O/c1-13-6-5-9-16(12-13)17(18)11-10-15-8-4-3-7-14(15)2/h3-4,7-8,13,16H,5-6,9-12H2,1-2H3. The van der Waals surface area contributed by atoms with Gasteiger partial charge in [0.05, 0.1) is 0 Å². The minimum Gasteiger partial charge on any atom is -0.299 e. The Morgan fingerprint density at radius 2 is 2.06 bits per heavy atom. The van der Waals surface area contributed by atoms with Crippen LogP contribution >= 0.6 is 0 Å². The van der Waals surface area contributed by atoms with Gasteiger partial charge in [-0.1, -0.05) is 44.0 Å². The van der Waals surface area contributed by atoms with Gasteiger partial charge in [0.1, 0.15) is 5.78 Å². The normalized spacial score (nSPS) is 23.9. The molecule has 0 N–H and O–H groups in total. The number of aryl methyl sites for hydroxylation is 2. The molecule has 18 heavy (non-hydrogen) atoms. The van der Waals surface area contributed by atoms with Gasteiger partial charge in [0.15, 0.2) is 0 Å². The summed E-state index contributed by atoms with van der Waals surface area (Å²) in [4.78, 5) is 12.2. The monoisotopic (exact) mass is 244 g/mol. The van der Waals surface area contributed by atoms with E-state index in [1.807, 2.05) is 0 Å². The molecule has 2 rings (SSSR count). The lowest BCUT2D eigenvalue weighted by Crippen LogP contribution is -2.22. The van der Waals surface area contributed by atoms with Crippen LogP contribution < -0.4 is 0 Å². The molecular formula is C17H24O. The molecule has 1 aliphatic rings. The SMILES string of the molecule is Cc1ccccc1CCC(=O)C1CCCC(C)C1. The molecule has 0 radical (unpaired) electrons. The number of rotatable bonds is 4. The molecule has 2 unspecified atom stereocenters. The Kier molecular flexibility index (Phi) is 4.57. The highest BCUT2D eigenvalue weighted by molar-refractivity contribution is 5.81. The van der Waals surface area contributed by atoms with Crippen molar-refractivity contribution < 1.29 is 4.79 Å². The summed E-state index contributed by atoms with van der Waals surface area (Å²) in [6.07, 6.45) is 6.42. The number of benzene rings is 1. The van der Waals surface area contributed by atoms with E-state index in [-0.39, 0.29) is 0 Å². The minimum absolute atomic E-state index is 0.345. The first-order valence-electron chi connectivity index (χ1n) is 7.24. The maximum Gasteiger partial charge on any atom is 0.136 e. The number of ketones is 1. The van der Waals surface area contributed by atoms with Crippen molar-refractivity contribution in [3.8, 4) is 0 Å². The predicted molar refractivity (Wildman–Crippen MR) is 75.6 cm³/mol. The second kappa shape index (κ2) is 6.17. The van der Waals surface area contributed by atoms with Crippen LogP contribution in [-0.4, -0.2) is 5.78 Å². The Hall–Kier alpha value is -1.11. The van der Waals surface area contributed by atoms with Crippen molar-refractivity contribution in [2.75, 3.05) is 0 Å². The molecule has 0 amide bonds. The van der Waals surface area contributed by atoms with Crippen molar-refractivity contribution in [1.29, 1.82) is 0 Å². The second-order valence-electron chi connectivity index (χ2n) is 5.86. The number of hydrogen-bond acceptors (Lipinski definition) is 1. The fraction of sp³-hybridized carbons (Fsp3) is 0.588. The summed E-state index contributed by atoms with van der Waals surface area (Å²) in [6, 6.07) is 8.40. The Bertz CT molecular complexity index is 408. The van der Waals surface area contributed by atoms with E-state index in [1.165, 1.54) is 24.0 Å². The van der Waals surface area contributed by atoms with Gasteiger partial charge < -0.3 is 0 Å². The number of carbonyl (C=O) groups excluding carboxylic acids is 1. The summed E-state index contributed by atoms with van der Waals surface area (Å²) in [7, 11) is 0. The molecule has 1 nitrogen and oxygen atoms in total. The molecule has 98 valence electrons. The zero-order valence-electron chi connectivity index (χ0n) is 11.6. The number of carbonyl (C=O) groups is 1. The maximum atomic E-state index is 12.2. The van der Waals surface area contributed by atoms with Gasteiger partial charge in [-0.2, -0.15) is 0 Å². The molecule has 0 spiro atoms. The summed E-state index contributed by atoms with van der Waals surface area (Å²) in [5, 5.41) is 0. The van der Waals surface area contributed by atoms with Crippen molar-refractivity contribution in [1.82, 2.24) is 0 Å². The molecule has 2 atom stereocenters. The van der Waals surface area contributed by atoms with Gasteiger partial charge in [0.2, 0.25) is 0 Å². The van der Waals surface area contributed by atoms with E-state index >= 15 is 0 Å². The molecule has 1 aromatic rings. The molecule has 1 aliphatic carbocycles. The highest BCUT2D eigenvalue weighted by Crippen LogP contribution is 2.30. The smallest absolute Gasteiger partial charge is 0.136 e. The van der Waals surface area contributed by atoms with Crippen LogP contribution in [0.25, 0.3) is 0 Å². The van der Waals surface area contributed by atoms with Crippen LogP contribution in [0, 0.1) is 18.8 Å². The lowest BCUT2D eigenvalue weighted by Gasteiger charge is -2.25. The third-order valence-corrected chi connectivity index (χ3v) is 4.29. The second-order valence-corrected chi connectivity index (χ2v) is 5.86. The highest BCUT2D eigenvalue weighted by atomic mass is 16.1. The molecule has 0 aliphatic heterocycles. The van der Waals surface area contributed by atoms with Crippen LogP contribution in [0.1, 0.15) is 50.2 Å². The Morgan fingerprint density at radius 3 is 2.78 bits per heavy atom. The summed E-state index contributed by atoms with van der Waals surface area (Å²) in [5.74, 6) is 1.58. The predicted octanol–water partition coefficient (Wildman–Crippen LogP) is 4.32. The Labute approximate surface area is 111 Å². The summed E-state index contributed by atoms with van der Waals surface area (Å²) < 4.78 is 0. The minimum atomic E-state index is 0.345. The topological polar surface area (TPSA) is 17.1 Å². The van der Waals surface area contributed by atoms with E-state index in [1.54, 1.807) is 0 Å². The molecule has 1 fully saturated rings. The van der Waals surface area contributed by atoms with Crippen LogP contribution in [-0.2, 0) is 11.2 Å². The Morgan fingerprint density at radius 1 is 1.28 bits per heavy atom. The summed E-state index contributed by atoms with van der Waals surface area (Å²) in [6.45, 7) is 4.41. The zero-order chi connectivity index (χ0) is 13.0. The lowest BCUT2D eigenvalue weighted by atomic mass is 9.79. The summed E-state index contributed by atoms with van der Waals surface area (Å²) >= 11 is 0. The van der Waals surface area contributed by atoms with E-state index in [9.17, 15) is 4.79 Å².